The first kappa shape index (κ1) is 24.3. The van der Waals surface area contributed by atoms with Gasteiger partial charge in [-0.2, -0.15) is 0 Å². The van der Waals surface area contributed by atoms with Gasteiger partial charge in [0.15, 0.2) is 0 Å². The third-order valence-electron chi connectivity index (χ3n) is 11.1. The van der Waals surface area contributed by atoms with Crippen molar-refractivity contribution < 1.29 is 9.53 Å². The number of hydrogen-bond donors (Lipinski definition) is 0. The highest BCUT2D eigenvalue weighted by atomic mass is 16.5. The maximum Gasteiger partial charge on any atom is 0.303 e. The lowest BCUT2D eigenvalue weighted by Gasteiger charge is -2.59. The molecule has 182 valence electrons. The molecule has 0 N–H and O–H groups in total. The molecule has 32 heavy (non-hydrogen) atoms. The first-order chi connectivity index (χ1) is 15.1. The van der Waals surface area contributed by atoms with Crippen molar-refractivity contribution in [3.05, 3.63) is 11.1 Å². The van der Waals surface area contributed by atoms with Crippen molar-refractivity contribution in [2.45, 2.75) is 125 Å². The quantitative estimate of drug-likeness (QED) is 0.305. The summed E-state index contributed by atoms with van der Waals surface area (Å²) in [7, 11) is 0. The topological polar surface area (TPSA) is 26.3 Å². The van der Waals surface area contributed by atoms with Gasteiger partial charge in [0.05, 0.1) is 0 Å². The molecule has 0 aromatic carbocycles. The predicted molar refractivity (Wildman–Crippen MR) is 133 cm³/mol. The smallest absolute Gasteiger partial charge is 0.303 e. The van der Waals surface area contributed by atoms with Crippen LogP contribution < -0.4 is 0 Å². The van der Waals surface area contributed by atoms with Crippen LogP contribution in [0.25, 0.3) is 0 Å². The predicted octanol–water partition coefficient (Wildman–Crippen LogP) is 8.35. The molecule has 4 aliphatic carbocycles. The van der Waals surface area contributed by atoms with Crippen LogP contribution in [0.4, 0.5) is 0 Å². The van der Waals surface area contributed by atoms with Crippen LogP contribution in [0.5, 0.6) is 0 Å². The average molecular weight is 443 g/mol. The van der Waals surface area contributed by atoms with Gasteiger partial charge < -0.3 is 4.74 Å². The normalized spacial score (nSPS) is 42.3. The second-order valence-corrected chi connectivity index (χ2v) is 13.2. The summed E-state index contributed by atoms with van der Waals surface area (Å²) in [5, 5.41) is 0. The van der Waals surface area contributed by atoms with Gasteiger partial charge >= 0.3 is 5.97 Å². The molecular weight excluding hydrogens is 392 g/mol. The Labute approximate surface area is 198 Å². The number of ether oxygens (including phenoxy) is 1. The van der Waals surface area contributed by atoms with Gasteiger partial charge in [-0.25, -0.2) is 0 Å². The number of carbonyl (C=O) groups excluding carboxylic acids is 1. The van der Waals surface area contributed by atoms with E-state index in [9.17, 15) is 4.79 Å². The lowest BCUT2D eigenvalue weighted by molar-refractivity contribution is -0.146. The van der Waals surface area contributed by atoms with Gasteiger partial charge in [0.25, 0.3) is 0 Å². The summed E-state index contributed by atoms with van der Waals surface area (Å²) >= 11 is 0. The van der Waals surface area contributed by atoms with Crippen LogP contribution in [0.15, 0.2) is 11.1 Å². The van der Waals surface area contributed by atoms with E-state index in [0.29, 0.717) is 10.8 Å². The van der Waals surface area contributed by atoms with Crippen LogP contribution in [0.1, 0.15) is 119 Å². The zero-order valence-corrected chi connectivity index (χ0v) is 22.1. The molecule has 0 aromatic heterocycles. The fraction of sp³-hybridized carbons (Fsp3) is 0.900. The summed E-state index contributed by atoms with van der Waals surface area (Å²) in [5.74, 6) is 5.22. The Morgan fingerprint density at radius 3 is 2.44 bits per heavy atom. The molecule has 0 radical (unpaired) electrons. The molecule has 0 aliphatic heterocycles. The van der Waals surface area contributed by atoms with Crippen molar-refractivity contribution in [2.24, 2.45) is 46.3 Å². The Bertz CT molecular complexity index is 735. The fourth-order valence-corrected chi connectivity index (χ4v) is 9.50. The second kappa shape index (κ2) is 9.10. The Balaban J connectivity index is 1.50. The largest absolute Gasteiger partial charge is 0.458 e. The number of allylic oxidation sites excluding steroid dienone is 1. The standard InChI is InChI=1S/C30H50O2/c1-19(2)9-8-10-20(3)24-13-14-26-23-11-12-25-21(4)28(32-22(5)31)16-18-30(25,7)27(23)15-17-29(24,26)6/h19-20,23-24,26-28H,8-18H2,1-7H3/t20-,23+,24-,26+,27+,28+,29-,30+/m1/s1. The molecule has 0 unspecified atom stereocenters. The van der Waals surface area contributed by atoms with E-state index in [-0.39, 0.29) is 12.1 Å². The number of rotatable bonds is 6. The molecule has 0 aromatic rings. The molecule has 3 saturated carbocycles. The van der Waals surface area contributed by atoms with Gasteiger partial charge in [-0.05, 0) is 110 Å². The Morgan fingerprint density at radius 2 is 1.75 bits per heavy atom. The van der Waals surface area contributed by atoms with Gasteiger partial charge in [-0.1, -0.05) is 59.5 Å². The maximum absolute atomic E-state index is 11.6. The molecule has 4 rings (SSSR count). The zero-order valence-electron chi connectivity index (χ0n) is 22.1. The van der Waals surface area contributed by atoms with Gasteiger partial charge in [-0.3, -0.25) is 4.79 Å². The molecule has 0 spiro atoms. The summed E-state index contributed by atoms with van der Waals surface area (Å²) in [6, 6.07) is 0. The molecular formula is C30H50O2. The summed E-state index contributed by atoms with van der Waals surface area (Å²) in [4.78, 5) is 11.6. The molecule has 0 saturated heterocycles. The minimum atomic E-state index is -0.125. The second-order valence-electron chi connectivity index (χ2n) is 13.2. The number of fused-ring (bicyclic) bond motifs is 5. The zero-order chi connectivity index (χ0) is 23.3. The monoisotopic (exact) mass is 442 g/mol. The molecule has 3 fully saturated rings. The number of hydrogen-bond acceptors (Lipinski definition) is 2. The van der Waals surface area contributed by atoms with Crippen LogP contribution >= 0.6 is 0 Å². The van der Waals surface area contributed by atoms with E-state index in [4.69, 9.17) is 4.74 Å². The van der Waals surface area contributed by atoms with Crippen molar-refractivity contribution in [2.75, 3.05) is 0 Å². The van der Waals surface area contributed by atoms with E-state index in [1.165, 1.54) is 69.8 Å². The molecule has 8 atom stereocenters. The molecule has 0 heterocycles. The van der Waals surface area contributed by atoms with Gasteiger partial charge in [0, 0.05) is 6.92 Å². The lowest BCUT2D eigenvalue weighted by atomic mass is 9.46. The highest BCUT2D eigenvalue weighted by Gasteiger charge is 2.59. The van der Waals surface area contributed by atoms with E-state index in [1.54, 1.807) is 12.5 Å². The van der Waals surface area contributed by atoms with Gasteiger partial charge in [0.1, 0.15) is 6.10 Å². The van der Waals surface area contributed by atoms with E-state index >= 15 is 0 Å². The van der Waals surface area contributed by atoms with Crippen molar-refractivity contribution in [3.63, 3.8) is 0 Å². The van der Waals surface area contributed by atoms with Crippen molar-refractivity contribution >= 4 is 5.97 Å². The van der Waals surface area contributed by atoms with Crippen LogP contribution in [0.2, 0.25) is 0 Å². The fourth-order valence-electron chi connectivity index (χ4n) is 9.50. The Hall–Kier alpha value is -0.790. The molecule has 2 nitrogen and oxygen atoms in total. The summed E-state index contributed by atoms with van der Waals surface area (Å²) in [6.45, 7) is 16.4. The minimum Gasteiger partial charge on any atom is -0.458 e. The maximum atomic E-state index is 11.6. The van der Waals surface area contributed by atoms with Crippen LogP contribution in [0, 0.1) is 46.3 Å². The van der Waals surface area contributed by atoms with Gasteiger partial charge in [0.2, 0.25) is 0 Å². The number of esters is 1. The Kier molecular flexibility index (Phi) is 6.92. The van der Waals surface area contributed by atoms with E-state index < -0.39 is 0 Å². The molecule has 0 bridgehead atoms. The summed E-state index contributed by atoms with van der Waals surface area (Å²) in [6.07, 6.45) is 14.9. The molecule has 2 heteroatoms. The van der Waals surface area contributed by atoms with E-state index in [1.807, 2.05) is 0 Å². The first-order valence-corrected chi connectivity index (χ1v) is 13.9. The Morgan fingerprint density at radius 1 is 1.00 bits per heavy atom. The third-order valence-corrected chi connectivity index (χ3v) is 11.1. The van der Waals surface area contributed by atoms with Crippen LogP contribution in [-0.4, -0.2) is 12.1 Å². The summed E-state index contributed by atoms with van der Waals surface area (Å²) in [5.41, 5.74) is 3.96. The SMILES string of the molecule is CC(=O)O[C@H]1CC[C@@]2(C)C(=C1C)CC[C@H]1[C@@H]3CC[C@H]([C@H](C)CCCC(C)C)[C@@]3(C)CC[C@@H]12. The average Bonchev–Trinajstić information content (AvgIpc) is 3.07. The third kappa shape index (κ3) is 4.11. The molecule has 0 amide bonds. The van der Waals surface area contributed by atoms with Crippen LogP contribution in [0.3, 0.4) is 0 Å². The molecule has 4 aliphatic rings. The van der Waals surface area contributed by atoms with Gasteiger partial charge in [-0.15, -0.1) is 0 Å². The highest BCUT2D eigenvalue weighted by Crippen LogP contribution is 2.68. The van der Waals surface area contributed by atoms with E-state index in [2.05, 4.69) is 41.5 Å². The van der Waals surface area contributed by atoms with Crippen LogP contribution in [-0.2, 0) is 9.53 Å². The van der Waals surface area contributed by atoms with Crippen molar-refractivity contribution in [1.82, 2.24) is 0 Å². The number of carbonyl (C=O) groups is 1. The van der Waals surface area contributed by atoms with E-state index in [0.717, 1.165) is 41.9 Å². The minimum absolute atomic E-state index is 0.0310. The van der Waals surface area contributed by atoms with Crippen molar-refractivity contribution in [1.29, 1.82) is 0 Å². The highest BCUT2D eigenvalue weighted by molar-refractivity contribution is 5.66. The lowest BCUT2D eigenvalue weighted by Crippen LogP contribution is -2.51. The van der Waals surface area contributed by atoms with Crippen molar-refractivity contribution in [3.8, 4) is 0 Å². The first-order valence-electron chi connectivity index (χ1n) is 13.9. The summed E-state index contributed by atoms with van der Waals surface area (Å²) < 4.78 is 5.71.